The fourth-order valence-electron chi connectivity index (χ4n) is 3.51. The van der Waals surface area contributed by atoms with E-state index in [0.29, 0.717) is 6.54 Å². The van der Waals surface area contributed by atoms with Crippen molar-refractivity contribution in [3.05, 3.63) is 34.4 Å². The second kappa shape index (κ2) is 5.01. The van der Waals surface area contributed by atoms with E-state index in [-0.39, 0.29) is 24.0 Å². The first kappa shape index (κ1) is 15.1. The molecule has 1 saturated heterocycles. The van der Waals surface area contributed by atoms with E-state index in [1.54, 1.807) is 12.1 Å². The van der Waals surface area contributed by atoms with E-state index >= 15 is 0 Å². The maximum atomic E-state index is 12.8. The van der Waals surface area contributed by atoms with Crippen molar-refractivity contribution in [3.63, 3.8) is 0 Å². The van der Waals surface area contributed by atoms with Gasteiger partial charge in [-0.15, -0.1) is 0 Å². The lowest BCUT2D eigenvalue weighted by Gasteiger charge is -2.38. The van der Waals surface area contributed by atoms with Gasteiger partial charge in [-0.25, -0.2) is 0 Å². The van der Waals surface area contributed by atoms with Gasteiger partial charge >= 0.3 is 0 Å². The molecule has 24 heavy (non-hydrogen) atoms. The molecule has 1 unspecified atom stereocenters. The zero-order valence-electron chi connectivity index (χ0n) is 12.8. The Morgan fingerprint density at radius 2 is 1.67 bits per heavy atom. The van der Waals surface area contributed by atoms with E-state index in [1.165, 1.54) is 0 Å². The van der Waals surface area contributed by atoms with E-state index in [9.17, 15) is 19.2 Å². The van der Waals surface area contributed by atoms with Gasteiger partial charge in [0.15, 0.2) is 0 Å². The molecule has 0 bridgehead atoms. The Kier molecular flexibility index (Phi) is 3.15. The van der Waals surface area contributed by atoms with Crippen molar-refractivity contribution in [1.29, 1.82) is 0 Å². The molecule has 120 valence electrons. The monoisotopic (exact) mass is 323 g/mol. The van der Waals surface area contributed by atoms with E-state index in [1.807, 2.05) is 0 Å². The first-order chi connectivity index (χ1) is 11.4. The van der Waals surface area contributed by atoms with Gasteiger partial charge in [-0.2, -0.15) is 0 Å². The minimum atomic E-state index is -1.83. The predicted molar refractivity (Wildman–Crippen MR) is 83.2 cm³/mol. The quantitative estimate of drug-likeness (QED) is 0.523. The summed E-state index contributed by atoms with van der Waals surface area (Å²) < 4.78 is 0. The molecule has 3 aliphatic rings. The molecule has 0 spiro atoms. The van der Waals surface area contributed by atoms with Crippen LogP contribution in [-0.2, 0) is 22.6 Å². The summed E-state index contributed by atoms with van der Waals surface area (Å²) in [6, 6.07) is 3.42. The lowest BCUT2D eigenvalue weighted by Crippen LogP contribution is -2.65. The SMILES string of the molecule is [B]C1(N2C(=O)c3cc4c(cc3C2=O)CNCC4)CCC(=O)NC1=O. The number of rotatable bonds is 1. The van der Waals surface area contributed by atoms with Gasteiger partial charge in [-0.1, -0.05) is 0 Å². The summed E-state index contributed by atoms with van der Waals surface area (Å²) in [7, 11) is 6.09. The number of nitrogens with zero attached hydrogens (tertiary/aromatic N) is 1. The standard InChI is InChI=1S/C16H14BN3O4/c17-16(3-1-12(21)19-15(16)24)20-13(22)10-5-8-2-4-18-7-9(8)6-11(10)14(20)23/h5-6,18H,1-4,7H2,(H,19,21,24). The van der Waals surface area contributed by atoms with Crippen LogP contribution < -0.4 is 10.6 Å². The summed E-state index contributed by atoms with van der Waals surface area (Å²) in [4.78, 5) is 49.9. The Balaban J connectivity index is 1.77. The molecule has 4 amide bonds. The highest BCUT2D eigenvalue weighted by Crippen LogP contribution is 2.34. The van der Waals surface area contributed by atoms with Crippen molar-refractivity contribution >= 4 is 31.5 Å². The molecule has 2 radical (unpaired) electrons. The van der Waals surface area contributed by atoms with Gasteiger partial charge in [0.1, 0.15) is 7.85 Å². The topological polar surface area (TPSA) is 95.6 Å². The van der Waals surface area contributed by atoms with Crippen LogP contribution in [0.15, 0.2) is 12.1 Å². The number of hydrogen-bond donors (Lipinski definition) is 2. The van der Waals surface area contributed by atoms with E-state index in [0.717, 1.165) is 29.0 Å². The number of carbonyl (C=O) groups is 4. The van der Waals surface area contributed by atoms with Crippen LogP contribution in [-0.4, -0.2) is 48.4 Å². The maximum absolute atomic E-state index is 12.8. The van der Waals surface area contributed by atoms with Crippen LogP contribution in [0.1, 0.15) is 44.7 Å². The van der Waals surface area contributed by atoms with Crippen molar-refractivity contribution in [2.24, 2.45) is 0 Å². The molecule has 1 aromatic rings. The minimum absolute atomic E-state index is 0.0178. The number of carbonyl (C=O) groups excluding carboxylic acids is 4. The number of piperidine rings is 1. The summed E-state index contributed by atoms with van der Waals surface area (Å²) in [5.74, 6) is -2.45. The largest absolute Gasteiger partial charge is 0.312 e. The van der Waals surface area contributed by atoms with Crippen LogP contribution in [0, 0.1) is 0 Å². The molecule has 1 aromatic carbocycles. The average molecular weight is 323 g/mol. The molecule has 7 nitrogen and oxygen atoms in total. The van der Waals surface area contributed by atoms with Gasteiger partial charge in [0, 0.05) is 13.0 Å². The second-order valence-electron chi connectivity index (χ2n) is 6.34. The molecule has 4 rings (SSSR count). The Morgan fingerprint density at radius 1 is 1.00 bits per heavy atom. The van der Waals surface area contributed by atoms with E-state index in [2.05, 4.69) is 10.6 Å². The van der Waals surface area contributed by atoms with E-state index in [4.69, 9.17) is 7.85 Å². The van der Waals surface area contributed by atoms with E-state index < -0.39 is 29.1 Å². The predicted octanol–water partition coefficient (Wildman–Crippen LogP) is -0.770. The molecule has 0 saturated carbocycles. The minimum Gasteiger partial charge on any atom is -0.312 e. The van der Waals surface area contributed by atoms with Crippen molar-refractivity contribution in [3.8, 4) is 0 Å². The molecular formula is C16H14BN3O4. The van der Waals surface area contributed by atoms with Crippen molar-refractivity contribution in [2.45, 2.75) is 31.2 Å². The lowest BCUT2D eigenvalue weighted by molar-refractivity contribution is -0.138. The number of benzene rings is 1. The number of hydrogen-bond acceptors (Lipinski definition) is 5. The van der Waals surface area contributed by atoms with Crippen LogP contribution in [0.5, 0.6) is 0 Å². The number of imide groups is 2. The highest BCUT2D eigenvalue weighted by molar-refractivity contribution is 6.37. The fourth-order valence-corrected chi connectivity index (χ4v) is 3.51. The highest BCUT2D eigenvalue weighted by Gasteiger charge is 2.52. The van der Waals surface area contributed by atoms with Crippen LogP contribution in [0.3, 0.4) is 0 Å². The third kappa shape index (κ3) is 1.96. The highest BCUT2D eigenvalue weighted by atomic mass is 16.2. The maximum Gasteiger partial charge on any atom is 0.261 e. The molecule has 1 atom stereocenters. The molecule has 1 fully saturated rings. The van der Waals surface area contributed by atoms with Gasteiger partial charge in [-0.05, 0) is 42.6 Å². The Hall–Kier alpha value is -2.48. The number of fused-ring (bicyclic) bond motifs is 2. The molecule has 0 aromatic heterocycles. The van der Waals surface area contributed by atoms with Crippen LogP contribution in [0.4, 0.5) is 0 Å². The first-order valence-corrected chi connectivity index (χ1v) is 7.80. The van der Waals surface area contributed by atoms with Crippen molar-refractivity contribution in [2.75, 3.05) is 6.54 Å². The summed E-state index contributed by atoms with van der Waals surface area (Å²) in [5.41, 5.74) is 0.689. The van der Waals surface area contributed by atoms with Crippen LogP contribution in [0.25, 0.3) is 0 Å². The van der Waals surface area contributed by atoms with Crippen molar-refractivity contribution in [1.82, 2.24) is 15.5 Å². The van der Waals surface area contributed by atoms with Gasteiger partial charge < -0.3 is 5.32 Å². The zero-order valence-corrected chi connectivity index (χ0v) is 12.8. The summed E-state index contributed by atoms with van der Waals surface area (Å²) in [5, 5.41) is 5.33. The van der Waals surface area contributed by atoms with Gasteiger partial charge in [-0.3, -0.25) is 29.4 Å². The molecule has 3 aliphatic heterocycles. The Bertz CT molecular complexity index is 777. The Morgan fingerprint density at radius 3 is 2.33 bits per heavy atom. The molecule has 3 heterocycles. The fraction of sp³-hybridized carbons (Fsp3) is 0.375. The summed E-state index contributed by atoms with van der Waals surface area (Å²) in [6.45, 7) is 1.44. The Labute approximate surface area is 139 Å². The van der Waals surface area contributed by atoms with Gasteiger partial charge in [0.25, 0.3) is 11.8 Å². The average Bonchev–Trinajstić information content (AvgIpc) is 2.81. The normalized spacial score (nSPS) is 26.2. The molecule has 0 aliphatic carbocycles. The van der Waals surface area contributed by atoms with Gasteiger partial charge in [0.05, 0.1) is 16.6 Å². The number of amides is 4. The summed E-state index contributed by atoms with van der Waals surface area (Å²) in [6.07, 6.45) is 0.674. The van der Waals surface area contributed by atoms with Gasteiger partial charge in [0.2, 0.25) is 11.8 Å². The molecular weight excluding hydrogens is 309 g/mol. The van der Waals surface area contributed by atoms with Crippen LogP contribution >= 0.6 is 0 Å². The van der Waals surface area contributed by atoms with Crippen LogP contribution in [0.2, 0.25) is 0 Å². The zero-order chi connectivity index (χ0) is 17.1. The second-order valence-corrected chi connectivity index (χ2v) is 6.34. The lowest BCUT2D eigenvalue weighted by atomic mass is 9.70. The third-order valence-corrected chi connectivity index (χ3v) is 4.87. The number of nitrogens with one attached hydrogen (secondary N) is 2. The summed E-state index contributed by atoms with van der Waals surface area (Å²) >= 11 is 0. The molecule has 2 N–H and O–H groups in total. The smallest absolute Gasteiger partial charge is 0.261 e. The van der Waals surface area contributed by atoms with Crippen molar-refractivity contribution < 1.29 is 19.2 Å². The first-order valence-electron chi connectivity index (χ1n) is 7.80. The third-order valence-electron chi connectivity index (χ3n) is 4.87. The molecule has 8 heteroatoms.